The fourth-order valence-electron chi connectivity index (χ4n) is 3.67. The van der Waals surface area contributed by atoms with Crippen molar-refractivity contribution in [2.75, 3.05) is 11.6 Å². The minimum atomic E-state index is -0.297. The highest BCUT2D eigenvalue weighted by Crippen LogP contribution is 2.28. The van der Waals surface area contributed by atoms with E-state index in [2.05, 4.69) is 10.4 Å². The van der Waals surface area contributed by atoms with Gasteiger partial charge in [-0.25, -0.2) is 9.67 Å². The first-order valence-electron chi connectivity index (χ1n) is 9.79. The molecule has 0 unspecified atom stereocenters. The Labute approximate surface area is 184 Å². The van der Waals surface area contributed by atoms with Gasteiger partial charge >= 0.3 is 0 Å². The molecule has 0 aliphatic rings. The minimum Gasteiger partial charge on any atom is -0.309 e. The monoisotopic (exact) mass is 433 g/mol. The average Bonchev–Trinajstić information content (AvgIpc) is 3.03. The average molecular weight is 434 g/mol. The Morgan fingerprint density at radius 3 is 2.42 bits per heavy atom. The summed E-state index contributed by atoms with van der Waals surface area (Å²) in [6.07, 6.45) is 2.02. The van der Waals surface area contributed by atoms with Crippen molar-refractivity contribution >= 4 is 34.5 Å². The number of carbonyl (C=O) groups is 1. The largest absolute Gasteiger partial charge is 0.309 e. The van der Waals surface area contributed by atoms with E-state index in [0.717, 1.165) is 27.3 Å². The number of carbonyl (C=O) groups excluding carboxylic acids is 1. The zero-order valence-corrected chi connectivity index (χ0v) is 18.9. The second-order valence-corrected chi connectivity index (χ2v) is 8.33. The number of hydrogen-bond acceptors (Lipinski definition) is 5. The summed E-state index contributed by atoms with van der Waals surface area (Å²) in [6, 6.07) is 13.9. The molecule has 0 atom stereocenters. The number of amides is 1. The van der Waals surface area contributed by atoms with Crippen molar-refractivity contribution in [3.05, 3.63) is 63.9 Å². The quantitative estimate of drug-likeness (QED) is 0.491. The summed E-state index contributed by atoms with van der Waals surface area (Å²) in [5.41, 5.74) is 3.76. The summed E-state index contributed by atoms with van der Waals surface area (Å²) in [5.74, 6) is 0.439. The second-order valence-electron chi connectivity index (χ2n) is 7.45. The van der Waals surface area contributed by atoms with Gasteiger partial charge in [-0.2, -0.15) is 5.10 Å². The molecule has 1 N–H and O–H groups in total. The van der Waals surface area contributed by atoms with E-state index in [9.17, 15) is 9.59 Å². The maximum atomic E-state index is 13.8. The molecule has 2 aromatic carbocycles. The summed E-state index contributed by atoms with van der Waals surface area (Å²) < 4.78 is 3.13. The van der Waals surface area contributed by atoms with E-state index in [4.69, 9.17) is 4.98 Å². The number of anilines is 1. The zero-order valence-electron chi connectivity index (χ0n) is 18.1. The Balaban J connectivity index is 2.10. The molecule has 0 aliphatic carbocycles. The summed E-state index contributed by atoms with van der Waals surface area (Å²) in [7, 11) is 1.71. The number of aromatic nitrogens is 4. The van der Waals surface area contributed by atoms with Crippen LogP contribution in [0.5, 0.6) is 0 Å². The normalized spacial score (nSPS) is 11.1. The fraction of sp³-hybridized carbons (Fsp3) is 0.217. The molecule has 0 saturated heterocycles. The van der Waals surface area contributed by atoms with E-state index in [1.165, 1.54) is 11.6 Å². The molecule has 0 aliphatic heterocycles. The van der Waals surface area contributed by atoms with Gasteiger partial charge in [-0.3, -0.25) is 14.2 Å². The van der Waals surface area contributed by atoms with Gasteiger partial charge in [0.15, 0.2) is 11.5 Å². The number of nitrogens with zero attached hydrogens (tertiary/aromatic N) is 4. The molecule has 0 radical (unpaired) electrons. The van der Waals surface area contributed by atoms with Crippen molar-refractivity contribution in [3.8, 4) is 17.1 Å². The first-order valence-corrected chi connectivity index (χ1v) is 11.0. The Kier molecular flexibility index (Phi) is 5.41. The Morgan fingerprint density at radius 1 is 1.10 bits per heavy atom. The molecular weight excluding hydrogens is 410 g/mol. The van der Waals surface area contributed by atoms with Crippen LogP contribution in [-0.2, 0) is 11.8 Å². The molecule has 0 saturated carbocycles. The minimum absolute atomic E-state index is 0.213. The lowest BCUT2D eigenvalue weighted by molar-refractivity contribution is -0.114. The van der Waals surface area contributed by atoms with Gasteiger partial charge in [0.2, 0.25) is 5.91 Å². The van der Waals surface area contributed by atoms with E-state index in [1.54, 1.807) is 23.4 Å². The second kappa shape index (κ2) is 8.03. The number of fused-ring (bicyclic) bond motifs is 1. The SMILES string of the molecule is CSc1ccc(-c2nc3c(c(NC(C)=O)nn3C)c(=O)n2-c2ccc(C)cc2C)cc1. The van der Waals surface area contributed by atoms with Gasteiger partial charge in [-0.1, -0.05) is 29.8 Å². The smallest absolute Gasteiger partial charge is 0.271 e. The lowest BCUT2D eigenvalue weighted by Crippen LogP contribution is -2.23. The predicted octanol–water partition coefficient (Wildman–Crippen LogP) is 4.08. The molecule has 7 nitrogen and oxygen atoms in total. The number of rotatable bonds is 4. The van der Waals surface area contributed by atoms with E-state index in [0.29, 0.717) is 11.5 Å². The Morgan fingerprint density at radius 2 is 1.81 bits per heavy atom. The zero-order chi connectivity index (χ0) is 22.3. The molecule has 0 fully saturated rings. The molecule has 158 valence electrons. The van der Waals surface area contributed by atoms with E-state index < -0.39 is 0 Å². The number of aryl methyl sites for hydroxylation is 3. The number of benzene rings is 2. The third kappa shape index (κ3) is 3.74. The number of hydrogen-bond donors (Lipinski definition) is 1. The van der Waals surface area contributed by atoms with E-state index in [1.807, 2.05) is 62.6 Å². The van der Waals surface area contributed by atoms with Crippen LogP contribution in [0.1, 0.15) is 18.1 Å². The van der Waals surface area contributed by atoms with Crippen LogP contribution < -0.4 is 10.9 Å². The molecule has 8 heteroatoms. The van der Waals surface area contributed by atoms with Gasteiger partial charge in [0, 0.05) is 24.4 Å². The van der Waals surface area contributed by atoms with Crippen molar-refractivity contribution in [2.24, 2.45) is 7.05 Å². The fourth-order valence-corrected chi connectivity index (χ4v) is 4.07. The van der Waals surface area contributed by atoms with Crippen LogP contribution in [0.25, 0.3) is 28.1 Å². The van der Waals surface area contributed by atoms with E-state index in [-0.39, 0.29) is 22.7 Å². The van der Waals surface area contributed by atoms with Gasteiger partial charge in [-0.05, 0) is 43.9 Å². The van der Waals surface area contributed by atoms with Crippen molar-refractivity contribution in [1.82, 2.24) is 19.3 Å². The van der Waals surface area contributed by atoms with Crippen molar-refractivity contribution in [2.45, 2.75) is 25.7 Å². The maximum Gasteiger partial charge on any atom is 0.271 e. The Hall–Kier alpha value is -3.39. The molecule has 0 spiro atoms. The highest BCUT2D eigenvalue weighted by molar-refractivity contribution is 7.98. The maximum absolute atomic E-state index is 13.8. The number of nitrogens with one attached hydrogen (secondary N) is 1. The lowest BCUT2D eigenvalue weighted by atomic mass is 10.1. The molecule has 2 heterocycles. The standard InChI is InChI=1S/C23H23N5O2S/c1-13-6-11-18(14(2)12-13)28-21(16-7-9-17(31-5)10-8-16)25-22-19(23(28)30)20(24-15(3)29)26-27(22)4/h6-12H,1-5H3,(H,24,26,29). The van der Waals surface area contributed by atoms with Gasteiger partial charge in [0.1, 0.15) is 11.2 Å². The summed E-state index contributed by atoms with van der Waals surface area (Å²) in [6.45, 7) is 5.37. The molecule has 4 rings (SSSR count). The third-order valence-electron chi connectivity index (χ3n) is 5.09. The van der Waals surface area contributed by atoms with Crippen LogP contribution in [0.4, 0.5) is 5.82 Å². The van der Waals surface area contributed by atoms with Crippen LogP contribution in [0, 0.1) is 13.8 Å². The molecular formula is C23H23N5O2S. The molecule has 0 bridgehead atoms. The molecule has 31 heavy (non-hydrogen) atoms. The lowest BCUT2D eigenvalue weighted by Gasteiger charge is -2.16. The first-order chi connectivity index (χ1) is 14.8. The topological polar surface area (TPSA) is 81.8 Å². The van der Waals surface area contributed by atoms with Crippen LogP contribution in [0.3, 0.4) is 0 Å². The molecule has 1 amide bonds. The van der Waals surface area contributed by atoms with Gasteiger partial charge < -0.3 is 5.32 Å². The summed E-state index contributed by atoms with van der Waals surface area (Å²) in [5, 5.41) is 7.27. The summed E-state index contributed by atoms with van der Waals surface area (Å²) >= 11 is 1.65. The molecule has 2 aromatic heterocycles. The van der Waals surface area contributed by atoms with Crippen molar-refractivity contribution in [3.63, 3.8) is 0 Å². The molecule has 4 aromatic rings. The number of thioether (sulfide) groups is 1. The highest BCUT2D eigenvalue weighted by Gasteiger charge is 2.22. The van der Waals surface area contributed by atoms with Gasteiger partial charge in [0.25, 0.3) is 5.56 Å². The van der Waals surface area contributed by atoms with Gasteiger partial charge in [0.05, 0.1) is 5.69 Å². The highest BCUT2D eigenvalue weighted by atomic mass is 32.2. The predicted molar refractivity (Wildman–Crippen MR) is 125 cm³/mol. The van der Waals surface area contributed by atoms with Crippen molar-refractivity contribution in [1.29, 1.82) is 0 Å². The van der Waals surface area contributed by atoms with Crippen LogP contribution >= 0.6 is 11.8 Å². The van der Waals surface area contributed by atoms with Crippen LogP contribution in [-0.4, -0.2) is 31.5 Å². The Bertz CT molecular complexity index is 1370. The van der Waals surface area contributed by atoms with Crippen LogP contribution in [0.15, 0.2) is 52.2 Å². The van der Waals surface area contributed by atoms with Crippen molar-refractivity contribution < 1.29 is 4.79 Å². The third-order valence-corrected chi connectivity index (χ3v) is 5.84. The summed E-state index contributed by atoms with van der Waals surface area (Å²) in [4.78, 5) is 31.5. The first kappa shape index (κ1) is 20.9. The van der Waals surface area contributed by atoms with Gasteiger partial charge in [-0.15, -0.1) is 11.8 Å². The van der Waals surface area contributed by atoms with E-state index >= 15 is 0 Å². The van der Waals surface area contributed by atoms with Crippen LogP contribution in [0.2, 0.25) is 0 Å².